The van der Waals surface area contributed by atoms with Gasteiger partial charge in [-0.2, -0.15) is 0 Å². The fourth-order valence-corrected chi connectivity index (χ4v) is 4.07. The first-order valence-electron chi connectivity index (χ1n) is 10.4. The van der Waals surface area contributed by atoms with Gasteiger partial charge in [-0.1, -0.05) is 44.2 Å². The number of rotatable bonds is 6. The lowest BCUT2D eigenvalue weighted by Gasteiger charge is -2.23. The molecular weight excluding hydrogens is 396 g/mol. The highest BCUT2D eigenvalue weighted by molar-refractivity contribution is 6.21. The van der Waals surface area contributed by atoms with Crippen molar-refractivity contribution in [3.63, 3.8) is 0 Å². The summed E-state index contributed by atoms with van der Waals surface area (Å²) in [5, 5.41) is 0. The van der Waals surface area contributed by atoms with Crippen molar-refractivity contribution in [3.8, 4) is 0 Å². The average molecular weight is 420 g/mol. The summed E-state index contributed by atoms with van der Waals surface area (Å²) in [5.74, 6) is -2.07. The lowest BCUT2D eigenvalue weighted by Crippen LogP contribution is -2.35. The molecule has 0 spiro atoms. The molecule has 3 amide bonds. The van der Waals surface area contributed by atoms with Crippen molar-refractivity contribution < 1.29 is 23.9 Å². The fraction of sp³-hybridized carbons (Fsp3) is 0.333. The van der Waals surface area contributed by atoms with E-state index in [2.05, 4.69) is 13.8 Å². The SMILES string of the molecule is CC[C@H](C)c1ccccc1N1C[C@H](C(=O)OCN2C(=O)c3ccccc3C2=O)CC1=O. The summed E-state index contributed by atoms with van der Waals surface area (Å²) in [7, 11) is 0. The molecule has 0 bridgehead atoms. The third-order valence-electron chi connectivity index (χ3n) is 6.04. The van der Waals surface area contributed by atoms with E-state index in [4.69, 9.17) is 4.74 Å². The maximum absolute atomic E-state index is 12.7. The minimum absolute atomic E-state index is 0.0375. The second-order valence-electron chi connectivity index (χ2n) is 7.95. The van der Waals surface area contributed by atoms with Gasteiger partial charge < -0.3 is 9.64 Å². The van der Waals surface area contributed by atoms with Crippen LogP contribution >= 0.6 is 0 Å². The van der Waals surface area contributed by atoms with Crippen molar-refractivity contribution in [1.82, 2.24) is 4.90 Å². The number of benzene rings is 2. The standard InChI is InChI=1S/C24H24N2O5/c1-3-15(2)17-8-6-7-11-20(17)25-13-16(12-21(25)27)24(30)31-14-26-22(28)18-9-4-5-10-19(18)23(26)29/h4-11,15-16H,3,12-14H2,1-2H3/t15-,16+/m0/s1. The van der Waals surface area contributed by atoms with Crippen LogP contribution in [0.4, 0.5) is 5.69 Å². The topological polar surface area (TPSA) is 84.0 Å². The van der Waals surface area contributed by atoms with Crippen LogP contribution in [-0.4, -0.2) is 41.9 Å². The maximum atomic E-state index is 12.7. The Kier molecular flexibility index (Phi) is 5.59. The molecule has 7 nitrogen and oxygen atoms in total. The Morgan fingerprint density at radius 2 is 1.65 bits per heavy atom. The molecule has 0 unspecified atom stereocenters. The number of anilines is 1. The number of amides is 3. The maximum Gasteiger partial charge on any atom is 0.313 e. The Labute approximate surface area is 180 Å². The van der Waals surface area contributed by atoms with E-state index in [1.807, 2.05) is 24.3 Å². The van der Waals surface area contributed by atoms with Crippen molar-refractivity contribution >= 4 is 29.4 Å². The molecule has 0 aliphatic carbocycles. The molecule has 4 rings (SSSR count). The summed E-state index contributed by atoms with van der Waals surface area (Å²) in [4.78, 5) is 52.7. The van der Waals surface area contributed by atoms with Gasteiger partial charge in [0.1, 0.15) is 0 Å². The van der Waals surface area contributed by atoms with Gasteiger partial charge in [-0.15, -0.1) is 0 Å². The quantitative estimate of drug-likeness (QED) is 0.529. The number of carbonyl (C=O) groups is 4. The summed E-state index contributed by atoms with van der Waals surface area (Å²) < 4.78 is 5.28. The molecule has 7 heteroatoms. The molecule has 0 aromatic heterocycles. The lowest BCUT2D eigenvalue weighted by molar-refractivity contribution is -0.151. The second-order valence-corrected chi connectivity index (χ2v) is 7.95. The number of nitrogens with zero attached hydrogens (tertiary/aromatic N) is 2. The molecule has 0 radical (unpaired) electrons. The largest absolute Gasteiger partial charge is 0.443 e. The van der Waals surface area contributed by atoms with Gasteiger partial charge in [0.2, 0.25) is 5.91 Å². The third-order valence-corrected chi connectivity index (χ3v) is 6.04. The van der Waals surface area contributed by atoms with E-state index in [9.17, 15) is 19.2 Å². The predicted molar refractivity (Wildman–Crippen MR) is 114 cm³/mol. The molecule has 2 aromatic rings. The number of ether oxygens (including phenoxy) is 1. The predicted octanol–water partition coefficient (Wildman–Crippen LogP) is 3.35. The average Bonchev–Trinajstić information content (AvgIpc) is 3.29. The molecule has 0 N–H and O–H groups in total. The molecular formula is C24H24N2O5. The number of imide groups is 1. The van der Waals surface area contributed by atoms with Crippen molar-refractivity contribution in [2.75, 3.05) is 18.2 Å². The van der Waals surface area contributed by atoms with Crippen LogP contribution < -0.4 is 4.90 Å². The number of hydrogen-bond acceptors (Lipinski definition) is 5. The summed E-state index contributed by atoms with van der Waals surface area (Å²) >= 11 is 0. The molecule has 2 aliphatic heterocycles. The second kappa shape index (κ2) is 8.34. The molecule has 1 saturated heterocycles. The monoisotopic (exact) mass is 420 g/mol. The van der Waals surface area contributed by atoms with Gasteiger partial charge in [0, 0.05) is 18.7 Å². The Hall–Kier alpha value is -3.48. The summed E-state index contributed by atoms with van der Waals surface area (Å²) in [6.45, 7) is 3.95. The van der Waals surface area contributed by atoms with Crippen molar-refractivity contribution in [3.05, 3.63) is 65.2 Å². The van der Waals surface area contributed by atoms with Gasteiger partial charge in [0.05, 0.1) is 17.0 Å². The van der Waals surface area contributed by atoms with Gasteiger partial charge in [0.25, 0.3) is 11.8 Å². The van der Waals surface area contributed by atoms with Crippen molar-refractivity contribution in [2.45, 2.75) is 32.6 Å². The van der Waals surface area contributed by atoms with Gasteiger partial charge >= 0.3 is 5.97 Å². The Morgan fingerprint density at radius 1 is 1.03 bits per heavy atom. The van der Waals surface area contributed by atoms with Crippen LogP contribution in [0.3, 0.4) is 0 Å². The smallest absolute Gasteiger partial charge is 0.313 e. The first-order chi connectivity index (χ1) is 14.9. The van der Waals surface area contributed by atoms with Crippen molar-refractivity contribution in [2.24, 2.45) is 5.92 Å². The van der Waals surface area contributed by atoms with E-state index >= 15 is 0 Å². The van der Waals surface area contributed by atoms with E-state index in [1.165, 1.54) is 0 Å². The van der Waals surface area contributed by atoms with E-state index in [0.717, 1.165) is 22.6 Å². The molecule has 2 aliphatic rings. The van der Waals surface area contributed by atoms with E-state index < -0.39 is 30.4 Å². The molecule has 31 heavy (non-hydrogen) atoms. The van der Waals surface area contributed by atoms with Crippen LogP contribution in [-0.2, 0) is 14.3 Å². The van der Waals surface area contributed by atoms with Crippen LogP contribution in [0.5, 0.6) is 0 Å². The van der Waals surface area contributed by atoms with Gasteiger partial charge in [0.15, 0.2) is 6.73 Å². The number of hydrogen-bond donors (Lipinski definition) is 0. The van der Waals surface area contributed by atoms with Crippen LogP contribution in [0, 0.1) is 5.92 Å². The van der Waals surface area contributed by atoms with Crippen LogP contribution in [0.25, 0.3) is 0 Å². The Morgan fingerprint density at radius 3 is 2.29 bits per heavy atom. The molecule has 160 valence electrons. The van der Waals surface area contributed by atoms with Crippen LogP contribution in [0.15, 0.2) is 48.5 Å². The summed E-state index contributed by atoms with van der Waals surface area (Å²) in [6.07, 6.45) is 0.973. The highest BCUT2D eigenvalue weighted by atomic mass is 16.5. The molecule has 2 aromatic carbocycles. The van der Waals surface area contributed by atoms with E-state index in [-0.39, 0.29) is 24.8 Å². The van der Waals surface area contributed by atoms with Gasteiger partial charge in [-0.25, -0.2) is 4.90 Å². The van der Waals surface area contributed by atoms with Gasteiger partial charge in [-0.05, 0) is 36.1 Å². The van der Waals surface area contributed by atoms with E-state index in [1.54, 1.807) is 29.2 Å². The Balaban J connectivity index is 1.42. The summed E-state index contributed by atoms with van der Waals surface area (Å²) in [5.41, 5.74) is 2.48. The minimum atomic E-state index is -0.646. The Bertz CT molecular complexity index is 1030. The first-order valence-corrected chi connectivity index (χ1v) is 10.4. The number of para-hydroxylation sites is 1. The molecule has 2 heterocycles. The third kappa shape index (κ3) is 3.71. The van der Waals surface area contributed by atoms with Crippen molar-refractivity contribution in [1.29, 1.82) is 0 Å². The lowest BCUT2D eigenvalue weighted by atomic mass is 9.96. The van der Waals surface area contributed by atoms with Crippen LogP contribution in [0.2, 0.25) is 0 Å². The van der Waals surface area contributed by atoms with Gasteiger partial charge in [-0.3, -0.25) is 19.2 Å². The molecule has 0 saturated carbocycles. The number of carbonyl (C=O) groups excluding carboxylic acids is 4. The zero-order chi connectivity index (χ0) is 22.1. The summed E-state index contributed by atoms with van der Waals surface area (Å²) in [6, 6.07) is 14.2. The first kappa shape index (κ1) is 20.8. The van der Waals surface area contributed by atoms with E-state index in [0.29, 0.717) is 11.1 Å². The zero-order valence-electron chi connectivity index (χ0n) is 17.5. The number of fused-ring (bicyclic) bond motifs is 1. The fourth-order valence-electron chi connectivity index (χ4n) is 4.07. The van der Waals surface area contributed by atoms with Crippen LogP contribution in [0.1, 0.15) is 58.9 Å². The number of esters is 1. The molecule has 2 atom stereocenters. The minimum Gasteiger partial charge on any atom is -0.443 e. The highest BCUT2D eigenvalue weighted by Crippen LogP contribution is 2.34. The molecule has 1 fully saturated rings. The zero-order valence-corrected chi connectivity index (χ0v) is 17.5. The normalized spacial score (nSPS) is 19.0. The highest BCUT2D eigenvalue weighted by Gasteiger charge is 2.39.